The van der Waals surface area contributed by atoms with Crippen LogP contribution in [0.3, 0.4) is 0 Å². The third kappa shape index (κ3) is 6.35. The maximum absolute atomic E-state index is 12.8. The molecule has 0 saturated carbocycles. The zero-order valence-electron chi connectivity index (χ0n) is 10.6. The monoisotopic (exact) mass is 280 g/mol. The van der Waals surface area contributed by atoms with Gasteiger partial charge in [-0.15, -0.1) is 0 Å². The van der Waals surface area contributed by atoms with Crippen LogP contribution in [0.25, 0.3) is 0 Å². The quantitative estimate of drug-likeness (QED) is 0.589. The van der Waals surface area contributed by atoms with E-state index in [1.54, 1.807) is 0 Å². The Hall–Kier alpha value is -2.62. The first-order valence-electron chi connectivity index (χ1n) is 5.79. The normalized spacial score (nSPS) is 9.40. The molecule has 1 N–H and O–H groups in total. The summed E-state index contributed by atoms with van der Waals surface area (Å²) >= 11 is 0. The SMILES string of the molecule is N#CCCNC(=O)COC(=O)COc1cccc(F)c1. The lowest BCUT2D eigenvalue weighted by atomic mass is 10.3. The van der Waals surface area contributed by atoms with Crippen molar-refractivity contribution in [1.82, 2.24) is 5.32 Å². The van der Waals surface area contributed by atoms with Crippen molar-refractivity contribution in [3.8, 4) is 11.8 Å². The van der Waals surface area contributed by atoms with Crippen molar-refractivity contribution in [1.29, 1.82) is 5.26 Å². The molecule has 0 fully saturated rings. The lowest BCUT2D eigenvalue weighted by molar-refractivity contribution is -0.150. The molecule has 0 heterocycles. The molecule has 0 aliphatic carbocycles. The van der Waals surface area contributed by atoms with E-state index in [2.05, 4.69) is 10.1 Å². The highest BCUT2D eigenvalue weighted by atomic mass is 19.1. The molecular formula is C13H13FN2O4. The number of nitrogens with one attached hydrogen (secondary N) is 1. The van der Waals surface area contributed by atoms with Crippen molar-refractivity contribution in [2.24, 2.45) is 0 Å². The number of amides is 1. The Morgan fingerprint density at radius 3 is 2.85 bits per heavy atom. The van der Waals surface area contributed by atoms with Gasteiger partial charge in [-0.3, -0.25) is 4.79 Å². The molecule has 0 aromatic heterocycles. The maximum Gasteiger partial charge on any atom is 0.344 e. The molecule has 0 spiro atoms. The van der Waals surface area contributed by atoms with E-state index in [0.717, 1.165) is 6.07 Å². The van der Waals surface area contributed by atoms with E-state index >= 15 is 0 Å². The number of hydrogen-bond donors (Lipinski definition) is 1. The Morgan fingerprint density at radius 2 is 2.15 bits per heavy atom. The molecule has 0 atom stereocenters. The first kappa shape index (κ1) is 15.4. The Balaban J connectivity index is 2.20. The number of ether oxygens (including phenoxy) is 2. The molecule has 7 heteroatoms. The Bertz CT molecular complexity index is 513. The standard InChI is InChI=1S/C13H13FN2O4/c14-10-3-1-4-11(7-10)19-9-13(18)20-8-12(17)16-6-2-5-15/h1,3-4,7H,2,6,8-9H2,(H,16,17). The summed E-state index contributed by atoms with van der Waals surface area (Å²) in [6.45, 7) is -0.668. The predicted molar refractivity (Wildman–Crippen MR) is 66.1 cm³/mol. The smallest absolute Gasteiger partial charge is 0.344 e. The number of nitrogens with zero attached hydrogens (tertiary/aromatic N) is 1. The molecule has 0 saturated heterocycles. The van der Waals surface area contributed by atoms with Gasteiger partial charge >= 0.3 is 5.97 Å². The van der Waals surface area contributed by atoms with Gasteiger partial charge < -0.3 is 14.8 Å². The highest BCUT2D eigenvalue weighted by Crippen LogP contribution is 2.11. The minimum absolute atomic E-state index is 0.183. The minimum Gasteiger partial charge on any atom is -0.482 e. The molecule has 106 valence electrons. The number of carbonyl (C=O) groups is 2. The van der Waals surface area contributed by atoms with Crippen molar-refractivity contribution >= 4 is 11.9 Å². The van der Waals surface area contributed by atoms with E-state index < -0.39 is 30.9 Å². The molecule has 20 heavy (non-hydrogen) atoms. The summed E-state index contributed by atoms with van der Waals surface area (Å²) in [4.78, 5) is 22.4. The molecule has 6 nitrogen and oxygen atoms in total. The van der Waals surface area contributed by atoms with Crippen LogP contribution >= 0.6 is 0 Å². The molecule has 1 rings (SSSR count). The number of benzene rings is 1. The van der Waals surface area contributed by atoms with Crippen LogP contribution in [-0.4, -0.2) is 31.6 Å². The average molecular weight is 280 g/mol. The number of carbonyl (C=O) groups excluding carboxylic acids is 2. The second-order valence-electron chi connectivity index (χ2n) is 3.66. The summed E-state index contributed by atoms with van der Waals surface area (Å²) < 4.78 is 22.4. The van der Waals surface area contributed by atoms with Gasteiger partial charge in [-0.1, -0.05) is 6.07 Å². The minimum atomic E-state index is -0.746. The fraction of sp³-hybridized carbons (Fsp3) is 0.308. The van der Waals surface area contributed by atoms with Crippen LogP contribution in [0.2, 0.25) is 0 Å². The molecule has 0 bridgehead atoms. The van der Waals surface area contributed by atoms with Gasteiger partial charge in [-0.25, -0.2) is 9.18 Å². The van der Waals surface area contributed by atoms with E-state index in [1.165, 1.54) is 18.2 Å². The average Bonchev–Trinajstić information content (AvgIpc) is 2.43. The third-order valence-corrected chi connectivity index (χ3v) is 2.08. The highest BCUT2D eigenvalue weighted by molar-refractivity contribution is 5.80. The maximum atomic E-state index is 12.8. The van der Waals surface area contributed by atoms with Crippen LogP contribution in [0.1, 0.15) is 6.42 Å². The zero-order chi connectivity index (χ0) is 14.8. The summed E-state index contributed by atoms with van der Waals surface area (Å²) in [5.74, 6) is -1.53. The van der Waals surface area contributed by atoms with E-state index in [4.69, 9.17) is 10.00 Å². The Morgan fingerprint density at radius 1 is 1.35 bits per heavy atom. The molecule has 1 amide bonds. The van der Waals surface area contributed by atoms with Gasteiger partial charge in [0.25, 0.3) is 5.91 Å². The van der Waals surface area contributed by atoms with Crippen LogP contribution in [0.5, 0.6) is 5.75 Å². The van der Waals surface area contributed by atoms with Crippen LogP contribution in [0.15, 0.2) is 24.3 Å². The molecule has 0 radical (unpaired) electrons. The van der Waals surface area contributed by atoms with Crippen LogP contribution in [0.4, 0.5) is 4.39 Å². The second-order valence-corrected chi connectivity index (χ2v) is 3.66. The largest absolute Gasteiger partial charge is 0.482 e. The van der Waals surface area contributed by atoms with Gasteiger partial charge in [0.15, 0.2) is 13.2 Å². The van der Waals surface area contributed by atoms with Crippen LogP contribution in [-0.2, 0) is 14.3 Å². The van der Waals surface area contributed by atoms with E-state index in [-0.39, 0.29) is 18.7 Å². The topological polar surface area (TPSA) is 88.4 Å². The molecule has 0 aliphatic rings. The third-order valence-electron chi connectivity index (χ3n) is 2.08. The van der Waals surface area contributed by atoms with Crippen molar-refractivity contribution < 1.29 is 23.5 Å². The van der Waals surface area contributed by atoms with Crippen molar-refractivity contribution in [2.75, 3.05) is 19.8 Å². The number of halogens is 1. The summed E-state index contributed by atoms with van der Waals surface area (Å²) in [5, 5.41) is 10.7. The number of esters is 1. The predicted octanol–water partition coefficient (Wildman–Crippen LogP) is 0.778. The van der Waals surface area contributed by atoms with Gasteiger partial charge in [0.05, 0.1) is 12.5 Å². The molecule has 1 aromatic rings. The van der Waals surface area contributed by atoms with Crippen LogP contribution < -0.4 is 10.1 Å². The molecular weight excluding hydrogens is 267 g/mol. The molecule has 0 aliphatic heterocycles. The fourth-order valence-electron chi connectivity index (χ4n) is 1.20. The summed E-state index contributed by atoms with van der Waals surface area (Å²) in [7, 11) is 0. The summed E-state index contributed by atoms with van der Waals surface area (Å²) in [5.41, 5.74) is 0. The first-order valence-corrected chi connectivity index (χ1v) is 5.79. The van der Waals surface area contributed by atoms with Crippen molar-refractivity contribution in [3.63, 3.8) is 0 Å². The summed E-state index contributed by atoms with van der Waals surface area (Å²) in [6.07, 6.45) is 0.183. The summed E-state index contributed by atoms with van der Waals surface area (Å²) in [6, 6.07) is 7.17. The number of nitriles is 1. The Kier molecular flexibility index (Phi) is 6.54. The van der Waals surface area contributed by atoms with Crippen molar-refractivity contribution in [2.45, 2.75) is 6.42 Å². The number of rotatable bonds is 7. The first-order chi connectivity index (χ1) is 9.61. The van der Waals surface area contributed by atoms with E-state index in [9.17, 15) is 14.0 Å². The van der Waals surface area contributed by atoms with Gasteiger partial charge in [0.2, 0.25) is 0 Å². The lowest BCUT2D eigenvalue weighted by Crippen LogP contribution is -2.30. The Labute approximate surface area is 115 Å². The second kappa shape index (κ2) is 8.48. The van der Waals surface area contributed by atoms with E-state index in [0.29, 0.717) is 0 Å². The van der Waals surface area contributed by atoms with Crippen LogP contribution in [0, 0.1) is 17.1 Å². The highest BCUT2D eigenvalue weighted by Gasteiger charge is 2.08. The fourth-order valence-corrected chi connectivity index (χ4v) is 1.20. The lowest BCUT2D eigenvalue weighted by Gasteiger charge is -2.07. The van der Waals surface area contributed by atoms with Gasteiger partial charge in [-0.2, -0.15) is 5.26 Å². The van der Waals surface area contributed by atoms with Gasteiger partial charge in [0.1, 0.15) is 11.6 Å². The van der Waals surface area contributed by atoms with Gasteiger partial charge in [-0.05, 0) is 12.1 Å². The molecule has 1 aromatic carbocycles. The van der Waals surface area contributed by atoms with Gasteiger partial charge in [0, 0.05) is 12.6 Å². The van der Waals surface area contributed by atoms with E-state index in [1.807, 2.05) is 6.07 Å². The number of hydrogen-bond acceptors (Lipinski definition) is 5. The molecule has 0 unspecified atom stereocenters. The zero-order valence-corrected chi connectivity index (χ0v) is 10.6. The van der Waals surface area contributed by atoms with Crippen molar-refractivity contribution in [3.05, 3.63) is 30.1 Å².